The monoisotopic (exact) mass is 219 g/mol. The van der Waals surface area contributed by atoms with E-state index in [1.54, 1.807) is 0 Å². The van der Waals surface area contributed by atoms with Gasteiger partial charge in [0.1, 0.15) is 0 Å². The molecule has 1 N–H and O–H groups in total. The summed E-state index contributed by atoms with van der Waals surface area (Å²) in [4.78, 5) is 11.6. The molecule has 0 spiro atoms. The molecule has 1 amide bonds. The second-order valence-electron chi connectivity index (χ2n) is 4.74. The Morgan fingerprint density at radius 2 is 1.88 bits per heavy atom. The molecule has 0 saturated carbocycles. The number of carbonyl (C=O) groups is 1. The maximum absolute atomic E-state index is 11.6. The van der Waals surface area contributed by atoms with Crippen molar-refractivity contribution in [2.75, 3.05) is 0 Å². The van der Waals surface area contributed by atoms with E-state index in [1.165, 1.54) is 11.1 Å². The standard InChI is InChI=1S/C14H21NO/c1-10(2)9-14(16)15-12(4)13-8-6-5-7-11(13)3/h5-8,10,12H,9H2,1-4H3,(H,15,16)/t12-/m1/s1. The largest absolute Gasteiger partial charge is 0.350 e. The lowest BCUT2D eigenvalue weighted by molar-refractivity contribution is -0.122. The number of carbonyl (C=O) groups excluding carboxylic acids is 1. The molecule has 0 radical (unpaired) electrons. The Morgan fingerprint density at radius 3 is 2.44 bits per heavy atom. The van der Waals surface area contributed by atoms with Gasteiger partial charge < -0.3 is 5.32 Å². The second-order valence-corrected chi connectivity index (χ2v) is 4.74. The van der Waals surface area contributed by atoms with Crippen LogP contribution in [0, 0.1) is 12.8 Å². The van der Waals surface area contributed by atoms with Crippen molar-refractivity contribution in [3.05, 3.63) is 35.4 Å². The number of benzene rings is 1. The van der Waals surface area contributed by atoms with Crippen LogP contribution in [0.1, 0.15) is 44.4 Å². The van der Waals surface area contributed by atoms with E-state index in [0.717, 1.165) is 0 Å². The van der Waals surface area contributed by atoms with Crippen molar-refractivity contribution in [3.8, 4) is 0 Å². The Hall–Kier alpha value is -1.31. The molecule has 1 atom stereocenters. The molecule has 0 bridgehead atoms. The predicted octanol–water partition coefficient (Wildman–Crippen LogP) is 3.22. The van der Waals surface area contributed by atoms with E-state index in [4.69, 9.17) is 0 Å². The maximum Gasteiger partial charge on any atom is 0.220 e. The Kier molecular flexibility index (Phi) is 4.53. The summed E-state index contributed by atoms with van der Waals surface area (Å²) in [7, 11) is 0. The first kappa shape index (κ1) is 12.8. The lowest BCUT2D eigenvalue weighted by Crippen LogP contribution is -2.27. The zero-order chi connectivity index (χ0) is 12.1. The van der Waals surface area contributed by atoms with Gasteiger partial charge in [-0.2, -0.15) is 0 Å². The number of amides is 1. The fourth-order valence-corrected chi connectivity index (χ4v) is 1.82. The molecule has 0 unspecified atom stereocenters. The summed E-state index contributed by atoms with van der Waals surface area (Å²) in [6.07, 6.45) is 0.593. The summed E-state index contributed by atoms with van der Waals surface area (Å²) in [6.45, 7) is 8.21. The number of hydrogen-bond donors (Lipinski definition) is 1. The van der Waals surface area contributed by atoms with Crippen LogP contribution in [0.15, 0.2) is 24.3 Å². The highest BCUT2D eigenvalue weighted by Crippen LogP contribution is 2.16. The number of aryl methyl sites for hydroxylation is 1. The van der Waals surface area contributed by atoms with Crippen LogP contribution in [-0.2, 0) is 4.79 Å². The smallest absolute Gasteiger partial charge is 0.220 e. The number of nitrogens with one attached hydrogen (secondary N) is 1. The topological polar surface area (TPSA) is 29.1 Å². The van der Waals surface area contributed by atoms with Gasteiger partial charge in [0.15, 0.2) is 0 Å². The Morgan fingerprint density at radius 1 is 1.25 bits per heavy atom. The van der Waals surface area contributed by atoms with Crippen LogP contribution in [0.3, 0.4) is 0 Å². The zero-order valence-corrected chi connectivity index (χ0v) is 10.6. The van der Waals surface area contributed by atoms with Crippen LogP contribution in [0.4, 0.5) is 0 Å². The molecule has 2 heteroatoms. The third-order valence-corrected chi connectivity index (χ3v) is 2.63. The van der Waals surface area contributed by atoms with Crippen LogP contribution in [-0.4, -0.2) is 5.91 Å². The predicted molar refractivity (Wildman–Crippen MR) is 67.2 cm³/mol. The van der Waals surface area contributed by atoms with Gasteiger partial charge in [0.05, 0.1) is 6.04 Å². The molecule has 0 aliphatic carbocycles. The molecule has 2 nitrogen and oxygen atoms in total. The van der Waals surface area contributed by atoms with E-state index in [2.05, 4.69) is 38.2 Å². The van der Waals surface area contributed by atoms with Crippen LogP contribution in [0.2, 0.25) is 0 Å². The molecule has 1 rings (SSSR count). The fraction of sp³-hybridized carbons (Fsp3) is 0.500. The first-order valence-corrected chi connectivity index (χ1v) is 5.85. The molecule has 0 aliphatic rings. The Balaban J connectivity index is 2.62. The van der Waals surface area contributed by atoms with E-state index < -0.39 is 0 Å². The minimum atomic E-state index is 0.0902. The van der Waals surface area contributed by atoms with Gasteiger partial charge >= 0.3 is 0 Å². The quantitative estimate of drug-likeness (QED) is 0.827. The van der Waals surface area contributed by atoms with E-state index in [-0.39, 0.29) is 11.9 Å². The van der Waals surface area contributed by atoms with E-state index in [1.807, 2.05) is 19.1 Å². The molecule has 1 aromatic carbocycles. The summed E-state index contributed by atoms with van der Waals surface area (Å²) >= 11 is 0. The van der Waals surface area contributed by atoms with Crippen LogP contribution in [0.5, 0.6) is 0 Å². The van der Waals surface area contributed by atoms with Gasteiger partial charge in [0, 0.05) is 6.42 Å². The number of hydrogen-bond acceptors (Lipinski definition) is 1. The average molecular weight is 219 g/mol. The molecule has 0 aromatic heterocycles. The molecule has 0 aliphatic heterocycles. The van der Waals surface area contributed by atoms with Gasteiger partial charge in [-0.25, -0.2) is 0 Å². The molecule has 0 fully saturated rings. The van der Waals surface area contributed by atoms with Crippen molar-refractivity contribution in [2.24, 2.45) is 5.92 Å². The highest BCUT2D eigenvalue weighted by Gasteiger charge is 2.11. The third-order valence-electron chi connectivity index (χ3n) is 2.63. The molecule has 1 aromatic rings. The molecule has 0 saturated heterocycles. The van der Waals surface area contributed by atoms with Gasteiger partial charge in [-0.05, 0) is 30.9 Å². The second kappa shape index (κ2) is 5.69. The van der Waals surface area contributed by atoms with Crippen molar-refractivity contribution < 1.29 is 4.79 Å². The molecule has 0 heterocycles. The molecular weight excluding hydrogens is 198 g/mol. The summed E-state index contributed by atoms with van der Waals surface area (Å²) in [5.41, 5.74) is 2.42. The summed E-state index contributed by atoms with van der Waals surface area (Å²) < 4.78 is 0. The summed E-state index contributed by atoms with van der Waals surface area (Å²) in [5, 5.41) is 3.03. The molecule has 88 valence electrons. The SMILES string of the molecule is Cc1ccccc1[C@@H](C)NC(=O)CC(C)C. The van der Waals surface area contributed by atoms with Crippen molar-refractivity contribution in [2.45, 2.75) is 40.2 Å². The van der Waals surface area contributed by atoms with Crippen molar-refractivity contribution in [1.29, 1.82) is 0 Å². The maximum atomic E-state index is 11.6. The van der Waals surface area contributed by atoms with Crippen LogP contribution in [0.25, 0.3) is 0 Å². The van der Waals surface area contributed by atoms with Crippen molar-refractivity contribution in [1.82, 2.24) is 5.32 Å². The number of rotatable bonds is 4. The lowest BCUT2D eigenvalue weighted by Gasteiger charge is -2.17. The van der Waals surface area contributed by atoms with E-state index in [9.17, 15) is 4.79 Å². The fourth-order valence-electron chi connectivity index (χ4n) is 1.82. The minimum Gasteiger partial charge on any atom is -0.350 e. The first-order chi connectivity index (χ1) is 7.50. The van der Waals surface area contributed by atoms with Crippen molar-refractivity contribution in [3.63, 3.8) is 0 Å². The Labute approximate surface area is 98.1 Å². The van der Waals surface area contributed by atoms with Crippen LogP contribution < -0.4 is 5.32 Å². The van der Waals surface area contributed by atoms with Gasteiger partial charge in [0.25, 0.3) is 0 Å². The van der Waals surface area contributed by atoms with E-state index >= 15 is 0 Å². The first-order valence-electron chi connectivity index (χ1n) is 5.85. The van der Waals surface area contributed by atoms with Gasteiger partial charge in [-0.15, -0.1) is 0 Å². The Bertz CT molecular complexity index is 358. The molecular formula is C14H21NO. The normalized spacial score (nSPS) is 12.6. The summed E-state index contributed by atoms with van der Waals surface area (Å²) in [6, 6.07) is 8.25. The van der Waals surface area contributed by atoms with Crippen LogP contribution >= 0.6 is 0 Å². The van der Waals surface area contributed by atoms with Gasteiger partial charge in [0.2, 0.25) is 5.91 Å². The summed E-state index contributed by atoms with van der Waals surface area (Å²) in [5.74, 6) is 0.537. The van der Waals surface area contributed by atoms with Gasteiger partial charge in [-0.1, -0.05) is 38.1 Å². The van der Waals surface area contributed by atoms with E-state index in [0.29, 0.717) is 12.3 Å². The molecule has 16 heavy (non-hydrogen) atoms. The third kappa shape index (κ3) is 3.69. The highest BCUT2D eigenvalue weighted by atomic mass is 16.1. The minimum absolute atomic E-state index is 0.0902. The lowest BCUT2D eigenvalue weighted by atomic mass is 10.0. The van der Waals surface area contributed by atoms with Crippen molar-refractivity contribution >= 4 is 5.91 Å². The zero-order valence-electron chi connectivity index (χ0n) is 10.6. The highest BCUT2D eigenvalue weighted by molar-refractivity contribution is 5.76. The van der Waals surface area contributed by atoms with Gasteiger partial charge in [-0.3, -0.25) is 4.79 Å². The average Bonchev–Trinajstić information content (AvgIpc) is 2.16.